The van der Waals surface area contributed by atoms with Crippen LogP contribution in [0.3, 0.4) is 0 Å². The Hall–Kier alpha value is -1.89. The van der Waals surface area contributed by atoms with E-state index in [0.29, 0.717) is 6.54 Å². The van der Waals surface area contributed by atoms with Crippen molar-refractivity contribution in [2.24, 2.45) is 4.99 Å². The minimum atomic E-state index is -0.760. The lowest BCUT2D eigenvalue weighted by atomic mass is 9.80. The molecule has 1 spiro atoms. The van der Waals surface area contributed by atoms with Crippen molar-refractivity contribution >= 4 is 50.1 Å². The Kier molecular flexibility index (Phi) is 7.54. The van der Waals surface area contributed by atoms with Crippen LogP contribution < -0.4 is 0 Å². The first-order valence-corrected chi connectivity index (χ1v) is 13.7. The number of hydrogen-bond donors (Lipinski definition) is 0. The van der Waals surface area contributed by atoms with E-state index in [9.17, 15) is 4.79 Å². The number of carbonyl (C=O) groups is 1. The predicted octanol–water partition coefficient (Wildman–Crippen LogP) is 7.40. The number of thiophene rings is 1. The average molecular weight is 528 g/mol. The molecule has 1 amide bonds. The molecule has 32 heavy (non-hydrogen) atoms. The molecule has 6 heteroatoms. The highest BCUT2D eigenvalue weighted by atomic mass is 79.9. The first-order chi connectivity index (χ1) is 15.7. The minimum Gasteiger partial charge on any atom is -0.285 e. The number of amides is 1. The summed E-state index contributed by atoms with van der Waals surface area (Å²) in [5.74, 6) is 0.919. The Balaban J connectivity index is 0.00000119. The van der Waals surface area contributed by atoms with E-state index in [4.69, 9.17) is 4.99 Å². The number of aliphatic imine (C=N–C) groups is 1. The molecule has 1 aromatic heterocycles. The average Bonchev–Trinajstić information content (AvgIpc) is 3.34. The molecule has 0 fully saturated rings. The van der Waals surface area contributed by atoms with Crippen LogP contribution in [0.4, 0.5) is 0 Å². The standard InChI is InChI=1S/C24H21BrN2OS2.C2H6/c25-21-14-19-20(30-21)12-7-13-24(19)22(28)27(15-17-8-3-1-4-9-17)23(26-24)29-16-18-10-5-2-6-11-18;1-2/h1-6,8-11,14H,7,12-13,15-16H2;1-2H3. The summed E-state index contributed by atoms with van der Waals surface area (Å²) >= 11 is 7.03. The lowest BCUT2D eigenvalue weighted by Gasteiger charge is -2.30. The molecule has 1 unspecified atom stereocenters. The van der Waals surface area contributed by atoms with Crippen LogP contribution >= 0.6 is 39.0 Å². The molecule has 1 aliphatic carbocycles. The number of halogens is 1. The van der Waals surface area contributed by atoms with Gasteiger partial charge in [-0.2, -0.15) is 0 Å². The monoisotopic (exact) mass is 526 g/mol. The Morgan fingerprint density at radius 2 is 1.72 bits per heavy atom. The molecule has 2 aromatic carbocycles. The van der Waals surface area contributed by atoms with Gasteiger partial charge >= 0.3 is 0 Å². The number of fused-ring (bicyclic) bond motifs is 2. The number of hydrogen-bond acceptors (Lipinski definition) is 4. The molecule has 0 N–H and O–H groups in total. The van der Waals surface area contributed by atoms with Gasteiger partial charge in [0, 0.05) is 16.2 Å². The molecular formula is C26H27BrN2OS2. The molecule has 0 bridgehead atoms. The van der Waals surface area contributed by atoms with Crippen molar-refractivity contribution in [3.63, 3.8) is 0 Å². The lowest BCUT2D eigenvalue weighted by molar-refractivity contribution is -0.132. The fourth-order valence-corrected chi connectivity index (χ4v) is 7.05. The van der Waals surface area contributed by atoms with Gasteiger partial charge in [0.1, 0.15) is 0 Å². The summed E-state index contributed by atoms with van der Waals surface area (Å²) in [6.45, 7) is 4.56. The molecule has 0 saturated carbocycles. The van der Waals surface area contributed by atoms with Gasteiger partial charge in [-0.25, -0.2) is 4.99 Å². The fraction of sp³-hybridized carbons (Fsp3) is 0.308. The number of carbonyl (C=O) groups excluding carboxylic acids is 1. The van der Waals surface area contributed by atoms with Gasteiger partial charge in [0.15, 0.2) is 10.7 Å². The van der Waals surface area contributed by atoms with Crippen LogP contribution in [-0.4, -0.2) is 16.0 Å². The summed E-state index contributed by atoms with van der Waals surface area (Å²) in [6, 6.07) is 22.7. The van der Waals surface area contributed by atoms with Crippen molar-refractivity contribution < 1.29 is 4.79 Å². The lowest BCUT2D eigenvalue weighted by Crippen LogP contribution is -2.41. The van der Waals surface area contributed by atoms with Gasteiger partial charge in [0.2, 0.25) is 0 Å². The maximum atomic E-state index is 13.9. The third kappa shape index (κ3) is 4.59. The molecule has 5 rings (SSSR count). The van der Waals surface area contributed by atoms with Crippen molar-refractivity contribution in [2.75, 3.05) is 0 Å². The minimum absolute atomic E-state index is 0.119. The fourth-order valence-electron chi connectivity index (χ4n) is 4.23. The van der Waals surface area contributed by atoms with Crippen LogP contribution in [0.15, 0.2) is 75.5 Å². The van der Waals surface area contributed by atoms with Crippen LogP contribution in [0.1, 0.15) is 48.3 Å². The SMILES string of the molecule is CC.O=C1N(Cc2ccccc2)C(SCc2ccccc2)=NC12CCCc1sc(Br)cc12. The normalized spacial score (nSPS) is 19.4. The summed E-state index contributed by atoms with van der Waals surface area (Å²) in [7, 11) is 0. The second-order valence-electron chi connectivity index (χ2n) is 7.65. The topological polar surface area (TPSA) is 32.7 Å². The largest absolute Gasteiger partial charge is 0.285 e. The number of thioether (sulfide) groups is 1. The molecule has 1 atom stereocenters. The highest BCUT2D eigenvalue weighted by Gasteiger charge is 2.52. The number of benzene rings is 2. The summed E-state index contributed by atoms with van der Waals surface area (Å²) in [4.78, 5) is 22.2. The highest BCUT2D eigenvalue weighted by molar-refractivity contribution is 9.11. The Morgan fingerprint density at radius 3 is 2.41 bits per heavy atom. The zero-order valence-electron chi connectivity index (χ0n) is 18.4. The maximum Gasteiger partial charge on any atom is 0.261 e. The summed E-state index contributed by atoms with van der Waals surface area (Å²) in [5.41, 5.74) is 2.70. The second kappa shape index (κ2) is 10.4. The van der Waals surface area contributed by atoms with E-state index in [1.54, 1.807) is 23.1 Å². The van der Waals surface area contributed by atoms with Crippen molar-refractivity contribution in [3.8, 4) is 0 Å². The second-order valence-corrected chi connectivity index (χ2v) is 11.1. The molecule has 2 heterocycles. The van der Waals surface area contributed by atoms with Gasteiger partial charge in [-0.15, -0.1) is 11.3 Å². The third-order valence-electron chi connectivity index (χ3n) is 5.68. The van der Waals surface area contributed by atoms with Crippen molar-refractivity contribution in [1.82, 2.24) is 4.90 Å². The molecule has 2 aliphatic rings. The first-order valence-electron chi connectivity index (χ1n) is 11.1. The van der Waals surface area contributed by atoms with Gasteiger partial charge < -0.3 is 0 Å². The van der Waals surface area contributed by atoms with Crippen molar-refractivity contribution in [3.05, 3.63) is 92.1 Å². The maximum absolute atomic E-state index is 13.9. The summed E-state index contributed by atoms with van der Waals surface area (Å²) in [5, 5.41) is 0.836. The highest BCUT2D eigenvalue weighted by Crippen LogP contribution is 2.48. The van der Waals surface area contributed by atoms with E-state index < -0.39 is 5.54 Å². The molecule has 166 valence electrons. The molecule has 0 radical (unpaired) electrons. The van der Waals surface area contributed by atoms with Gasteiger partial charge in [0.05, 0.1) is 10.3 Å². The Bertz CT molecular complexity index is 1100. The predicted molar refractivity (Wildman–Crippen MR) is 140 cm³/mol. The number of rotatable bonds is 4. The zero-order chi connectivity index (χ0) is 22.6. The molecule has 3 aromatic rings. The van der Waals surface area contributed by atoms with Crippen LogP contribution in [0, 0.1) is 0 Å². The first kappa shape index (κ1) is 23.3. The van der Waals surface area contributed by atoms with E-state index >= 15 is 0 Å². The van der Waals surface area contributed by atoms with E-state index in [-0.39, 0.29) is 5.91 Å². The van der Waals surface area contributed by atoms with Crippen LogP contribution in [-0.2, 0) is 29.1 Å². The van der Waals surface area contributed by atoms with E-state index in [1.165, 1.54) is 10.4 Å². The molecular weight excluding hydrogens is 500 g/mol. The molecule has 1 aliphatic heterocycles. The third-order valence-corrected chi connectivity index (χ3v) is 8.42. The smallest absolute Gasteiger partial charge is 0.261 e. The van der Waals surface area contributed by atoms with Crippen molar-refractivity contribution in [2.45, 2.75) is 50.9 Å². The number of amidine groups is 1. The Labute approximate surface area is 207 Å². The summed E-state index contributed by atoms with van der Waals surface area (Å²) in [6.07, 6.45) is 2.80. The Morgan fingerprint density at radius 1 is 1.06 bits per heavy atom. The van der Waals surface area contributed by atoms with Crippen molar-refractivity contribution in [1.29, 1.82) is 0 Å². The van der Waals surface area contributed by atoms with Crippen LogP contribution in [0.5, 0.6) is 0 Å². The van der Waals surface area contributed by atoms with E-state index in [1.807, 2.05) is 43.0 Å². The summed E-state index contributed by atoms with van der Waals surface area (Å²) < 4.78 is 1.08. The number of nitrogens with zero attached hydrogens (tertiary/aromatic N) is 2. The molecule has 3 nitrogen and oxygen atoms in total. The quantitative estimate of drug-likeness (QED) is 0.354. The van der Waals surface area contributed by atoms with E-state index in [0.717, 1.165) is 45.1 Å². The van der Waals surface area contributed by atoms with Crippen LogP contribution in [0.25, 0.3) is 0 Å². The van der Waals surface area contributed by atoms with Gasteiger partial charge in [0.25, 0.3) is 5.91 Å². The van der Waals surface area contributed by atoms with Gasteiger partial charge in [-0.3, -0.25) is 9.69 Å². The molecule has 0 saturated heterocycles. The van der Waals surface area contributed by atoms with E-state index in [2.05, 4.69) is 58.4 Å². The van der Waals surface area contributed by atoms with Gasteiger partial charge in [-0.1, -0.05) is 86.3 Å². The number of aryl methyl sites for hydroxylation is 1. The van der Waals surface area contributed by atoms with Crippen LogP contribution in [0.2, 0.25) is 0 Å². The zero-order valence-corrected chi connectivity index (χ0v) is 21.6. The van der Waals surface area contributed by atoms with Gasteiger partial charge in [-0.05, 0) is 52.4 Å².